The van der Waals surface area contributed by atoms with Gasteiger partial charge in [-0.15, -0.1) is 0 Å². The molecule has 0 aliphatic carbocycles. The summed E-state index contributed by atoms with van der Waals surface area (Å²) < 4.78 is 5.30. The van der Waals surface area contributed by atoms with Gasteiger partial charge in [0.1, 0.15) is 5.60 Å². The quantitative estimate of drug-likeness (QED) is 0.847. The van der Waals surface area contributed by atoms with Gasteiger partial charge in [-0.1, -0.05) is 30.4 Å². The van der Waals surface area contributed by atoms with Gasteiger partial charge in [0.15, 0.2) is 0 Å². The minimum atomic E-state index is -0.911. The molecule has 1 rings (SSSR count). The van der Waals surface area contributed by atoms with Gasteiger partial charge in [-0.05, 0) is 32.4 Å². The Kier molecular flexibility index (Phi) is 4.87. The topological polar surface area (TPSA) is 63.6 Å². The minimum Gasteiger partial charge on any atom is -0.481 e. The highest BCUT2D eigenvalue weighted by molar-refractivity contribution is 5.94. The lowest BCUT2D eigenvalue weighted by atomic mass is 10.1. The second-order valence-electron chi connectivity index (χ2n) is 5.09. The van der Waals surface area contributed by atoms with Crippen LogP contribution in [0, 0.1) is 0 Å². The van der Waals surface area contributed by atoms with Gasteiger partial charge >= 0.3 is 11.9 Å². The van der Waals surface area contributed by atoms with Crippen molar-refractivity contribution in [1.82, 2.24) is 0 Å². The molecule has 4 nitrogen and oxygen atoms in total. The van der Waals surface area contributed by atoms with Crippen molar-refractivity contribution in [2.75, 3.05) is 0 Å². The lowest BCUT2D eigenvalue weighted by molar-refractivity contribution is -0.135. The number of carbonyl (C=O) groups excluding carboxylic acids is 1. The summed E-state index contributed by atoms with van der Waals surface area (Å²) in [7, 11) is 0. The number of carboxylic acids is 1. The van der Waals surface area contributed by atoms with Crippen LogP contribution < -0.4 is 0 Å². The Morgan fingerprint density at radius 2 is 1.89 bits per heavy atom. The van der Waals surface area contributed by atoms with Crippen LogP contribution in [0.1, 0.15) is 43.1 Å². The van der Waals surface area contributed by atoms with E-state index in [1.54, 1.807) is 51.1 Å². The summed E-state index contributed by atoms with van der Waals surface area (Å²) in [6, 6.07) is 6.94. The van der Waals surface area contributed by atoms with Crippen molar-refractivity contribution in [2.45, 2.75) is 32.8 Å². The van der Waals surface area contributed by atoms with E-state index in [4.69, 9.17) is 9.84 Å². The molecule has 102 valence electrons. The fraction of sp³-hybridized carbons (Fsp3) is 0.333. The Morgan fingerprint density at radius 1 is 1.26 bits per heavy atom. The van der Waals surface area contributed by atoms with E-state index in [1.165, 1.54) is 6.08 Å². The lowest BCUT2D eigenvalue weighted by Crippen LogP contribution is -2.24. The van der Waals surface area contributed by atoms with Gasteiger partial charge in [0.25, 0.3) is 0 Å². The highest BCUT2D eigenvalue weighted by atomic mass is 16.6. The summed E-state index contributed by atoms with van der Waals surface area (Å²) in [6.45, 7) is 5.40. The Morgan fingerprint density at radius 3 is 2.47 bits per heavy atom. The maximum atomic E-state index is 12.0. The SMILES string of the molecule is CC(C)(C)OC(=O)c1ccccc1C=CCC(=O)O. The first-order valence-corrected chi connectivity index (χ1v) is 6.00. The molecule has 0 aliphatic rings. The molecule has 0 spiro atoms. The third-order valence-electron chi connectivity index (χ3n) is 2.17. The van der Waals surface area contributed by atoms with Gasteiger partial charge in [-0.3, -0.25) is 4.79 Å². The van der Waals surface area contributed by atoms with Crippen LogP contribution >= 0.6 is 0 Å². The van der Waals surface area contributed by atoms with Gasteiger partial charge in [0.05, 0.1) is 12.0 Å². The first-order valence-electron chi connectivity index (χ1n) is 6.00. The van der Waals surface area contributed by atoms with Crippen molar-refractivity contribution < 1.29 is 19.4 Å². The van der Waals surface area contributed by atoms with Crippen molar-refractivity contribution in [2.24, 2.45) is 0 Å². The third-order valence-corrected chi connectivity index (χ3v) is 2.17. The van der Waals surface area contributed by atoms with Crippen LogP contribution in [-0.2, 0) is 9.53 Å². The molecule has 4 heteroatoms. The van der Waals surface area contributed by atoms with E-state index >= 15 is 0 Å². The summed E-state index contributed by atoms with van der Waals surface area (Å²) >= 11 is 0. The summed E-state index contributed by atoms with van der Waals surface area (Å²) in [5.74, 6) is -1.32. The first kappa shape index (κ1) is 15.0. The van der Waals surface area contributed by atoms with Gasteiger partial charge < -0.3 is 9.84 Å². The van der Waals surface area contributed by atoms with Gasteiger partial charge in [-0.2, -0.15) is 0 Å². The number of benzene rings is 1. The Balaban J connectivity index is 2.92. The number of hydrogen-bond donors (Lipinski definition) is 1. The number of carboxylic acid groups (broad SMARTS) is 1. The Hall–Kier alpha value is -2.10. The number of carbonyl (C=O) groups is 2. The van der Waals surface area contributed by atoms with Crippen LogP contribution in [0.2, 0.25) is 0 Å². The molecule has 0 heterocycles. The van der Waals surface area contributed by atoms with Crippen LogP contribution in [0.4, 0.5) is 0 Å². The predicted octanol–water partition coefficient (Wildman–Crippen LogP) is 3.13. The highest BCUT2D eigenvalue weighted by Crippen LogP contribution is 2.16. The van der Waals surface area contributed by atoms with E-state index in [0.29, 0.717) is 11.1 Å². The Labute approximate surface area is 112 Å². The highest BCUT2D eigenvalue weighted by Gasteiger charge is 2.19. The third kappa shape index (κ3) is 5.38. The average Bonchev–Trinajstić information content (AvgIpc) is 2.26. The second-order valence-corrected chi connectivity index (χ2v) is 5.09. The van der Waals surface area contributed by atoms with Crippen molar-refractivity contribution in [1.29, 1.82) is 0 Å². The smallest absolute Gasteiger partial charge is 0.339 e. The van der Waals surface area contributed by atoms with Crippen molar-refractivity contribution in [3.63, 3.8) is 0 Å². The van der Waals surface area contributed by atoms with Gasteiger partial charge in [0, 0.05) is 0 Å². The molecule has 1 aromatic rings. The van der Waals surface area contributed by atoms with E-state index in [-0.39, 0.29) is 6.42 Å². The van der Waals surface area contributed by atoms with Crippen LogP contribution in [0.25, 0.3) is 6.08 Å². The van der Waals surface area contributed by atoms with Gasteiger partial charge in [0.2, 0.25) is 0 Å². The minimum absolute atomic E-state index is 0.0807. The molecule has 0 radical (unpaired) electrons. The molecular formula is C15H18O4. The van der Waals surface area contributed by atoms with E-state index in [1.807, 2.05) is 0 Å². The maximum absolute atomic E-state index is 12.0. The normalized spacial score (nSPS) is 11.5. The van der Waals surface area contributed by atoms with Crippen molar-refractivity contribution >= 4 is 18.0 Å². The van der Waals surface area contributed by atoms with Crippen LogP contribution in [0.5, 0.6) is 0 Å². The fourth-order valence-electron chi connectivity index (χ4n) is 1.45. The molecule has 0 fully saturated rings. The Bertz CT molecular complexity index is 495. The molecule has 0 saturated carbocycles. The van der Waals surface area contributed by atoms with E-state index < -0.39 is 17.5 Å². The standard InChI is InChI=1S/C15H18O4/c1-15(2,3)19-14(18)12-9-5-4-7-11(12)8-6-10-13(16)17/h4-9H,10H2,1-3H3,(H,16,17). The molecule has 0 aromatic heterocycles. The number of ether oxygens (including phenoxy) is 1. The van der Waals surface area contributed by atoms with Crippen molar-refractivity contribution in [3.05, 3.63) is 41.5 Å². The summed E-state index contributed by atoms with van der Waals surface area (Å²) in [5.41, 5.74) is 0.520. The van der Waals surface area contributed by atoms with Crippen LogP contribution in [0.15, 0.2) is 30.3 Å². The van der Waals surface area contributed by atoms with E-state index in [2.05, 4.69) is 0 Å². The summed E-state index contributed by atoms with van der Waals surface area (Å²) in [6.07, 6.45) is 3.04. The molecule has 0 atom stereocenters. The summed E-state index contributed by atoms with van der Waals surface area (Å²) in [5, 5.41) is 8.58. The van der Waals surface area contributed by atoms with E-state index in [0.717, 1.165) is 0 Å². The molecule has 0 saturated heterocycles. The number of rotatable bonds is 4. The van der Waals surface area contributed by atoms with Gasteiger partial charge in [-0.25, -0.2) is 4.79 Å². The fourth-order valence-corrected chi connectivity index (χ4v) is 1.45. The summed E-state index contributed by atoms with van der Waals surface area (Å²) in [4.78, 5) is 22.5. The monoisotopic (exact) mass is 262 g/mol. The zero-order valence-corrected chi connectivity index (χ0v) is 11.3. The molecule has 19 heavy (non-hydrogen) atoms. The molecule has 0 bridgehead atoms. The number of hydrogen-bond acceptors (Lipinski definition) is 3. The largest absolute Gasteiger partial charge is 0.481 e. The lowest BCUT2D eigenvalue weighted by Gasteiger charge is -2.20. The molecule has 0 unspecified atom stereocenters. The maximum Gasteiger partial charge on any atom is 0.339 e. The molecule has 1 aromatic carbocycles. The van der Waals surface area contributed by atoms with Crippen LogP contribution in [-0.4, -0.2) is 22.6 Å². The molecule has 1 N–H and O–H groups in total. The van der Waals surface area contributed by atoms with Crippen molar-refractivity contribution in [3.8, 4) is 0 Å². The van der Waals surface area contributed by atoms with Crippen LogP contribution in [0.3, 0.4) is 0 Å². The molecule has 0 aliphatic heterocycles. The zero-order chi connectivity index (χ0) is 14.5. The number of esters is 1. The van der Waals surface area contributed by atoms with E-state index in [9.17, 15) is 9.59 Å². The number of aliphatic carboxylic acids is 1. The zero-order valence-electron chi connectivity index (χ0n) is 11.3. The average molecular weight is 262 g/mol. The predicted molar refractivity (Wildman–Crippen MR) is 72.9 cm³/mol. The first-order chi connectivity index (χ1) is 8.79. The second kappa shape index (κ2) is 6.18. The molecular weight excluding hydrogens is 244 g/mol. The molecule has 0 amide bonds.